The number of hydrogen-bond donors (Lipinski definition) is 4. The largest absolute Gasteiger partial charge is 0.366 e. The summed E-state index contributed by atoms with van der Waals surface area (Å²) >= 11 is 0. The van der Waals surface area contributed by atoms with Crippen LogP contribution >= 0.6 is 0 Å². The van der Waals surface area contributed by atoms with Crippen LogP contribution in [0.4, 0.5) is 11.4 Å². The maximum atomic E-state index is 12.5. The van der Waals surface area contributed by atoms with E-state index < -0.39 is 11.9 Å². The number of quaternary nitrogens is 1. The van der Waals surface area contributed by atoms with Crippen LogP contribution in [-0.4, -0.2) is 37.4 Å². The highest BCUT2D eigenvalue weighted by molar-refractivity contribution is 5.96. The predicted octanol–water partition coefficient (Wildman–Crippen LogP) is 0.883. The first-order chi connectivity index (χ1) is 13.2. The molecule has 2 aromatic carbocycles. The number of carbonyl (C=O) groups is 3. The van der Waals surface area contributed by atoms with Gasteiger partial charge in [-0.15, -0.1) is 0 Å². The van der Waals surface area contributed by atoms with Crippen molar-refractivity contribution in [1.29, 1.82) is 0 Å². The summed E-state index contributed by atoms with van der Waals surface area (Å²) in [6, 6.07) is 11.6. The second-order valence-corrected chi connectivity index (χ2v) is 6.97. The topological polar surface area (TPSA) is 106 Å². The smallest absolute Gasteiger partial charge is 0.282 e. The maximum Gasteiger partial charge on any atom is 0.282 e. The Labute approximate surface area is 164 Å². The second kappa shape index (κ2) is 9.14. The molecule has 2 atom stereocenters. The van der Waals surface area contributed by atoms with Crippen LogP contribution in [0, 0.1) is 13.8 Å². The molecule has 0 bridgehead atoms. The third kappa shape index (κ3) is 5.40. The first-order valence-electron chi connectivity index (χ1n) is 9.08. The number of rotatable bonds is 7. The number of benzene rings is 2. The van der Waals surface area contributed by atoms with Crippen molar-refractivity contribution in [1.82, 2.24) is 0 Å². The summed E-state index contributed by atoms with van der Waals surface area (Å²) in [4.78, 5) is 36.7. The number of aryl methyl sites for hydroxylation is 1. The zero-order valence-corrected chi connectivity index (χ0v) is 16.6. The molecule has 0 aromatic heterocycles. The van der Waals surface area contributed by atoms with Crippen LogP contribution in [0.15, 0.2) is 42.5 Å². The Kier molecular flexibility index (Phi) is 6.89. The second-order valence-electron chi connectivity index (χ2n) is 6.97. The van der Waals surface area contributed by atoms with Crippen molar-refractivity contribution in [2.24, 2.45) is 5.73 Å². The summed E-state index contributed by atoms with van der Waals surface area (Å²) in [6.07, 6.45) is 0. The van der Waals surface area contributed by atoms with Gasteiger partial charge >= 0.3 is 0 Å². The third-order valence-corrected chi connectivity index (χ3v) is 4.89. The van der Waals surface area contributed by atoms with E-state index in [0.29, 0.717) is 11.3 Å². The Morgan fingerprint density at radius 3 is 2.29 bits per heavy atom. The molecule has 1 unspecified atom stereocenters. The van der Waals surface area contributed by atoms with Crippen molar-refractivity contribution >= 4 is 29.1 Å². The monoisotopic (exact) mass is 383 g/mol. The normalized spacial score (nSPS) is 12.7. The van der Waals surface area contributed by atoms with E-state index in [9.17, 15) is 14.4 Å². The molecule has 148 valence electrons. The third-order valence-electron chi connectivity index (χ3n) is 4.89. The highest BCUT2D eigenvalue weighted by atomic mass is 16.2. The summed E-state index contributed by atoms with van der Waals surface area (Å²) in [7, 11) is 1.79. The van der Waals surface area contributed by atoms with Crippen LogP contribution in [-0.2, 0) is 9.59 Å². The van der Waals surface area contributed by atoms with Gasteiger partial charge in [-0.05, 0) is 62.2 Å². The molecule has 0 heterocycles. The minimum absolute atomic E-state index is 0.155. The molecule has 0 fully saturated rings. The Morgan fingerprint density at radius 2 is 1.68 bits per heavy atom. The number of likely N-dealkylation sites (N-methyl/N-ethyl adjacent to an activating group) is 1. The quantitative estimate of drug-likeness (QED) is 0.570. The van der Waals surface area contributed by atoms with Gasteiger partial charge in [0.1, 0.15) is 0 Å². The lowest BCUT2D eigenvalue weighted by molar-refractivity contribution is -0.885. The Morgan fingerprint density at radius 1 is 1.04 bits per heavy atom. The van der Waals surface area contributed by atoms with Gasteiger partial charge in [0, 0.05) is 16.9 Å². The first-order valence-corrected chi connectivity index (χ1v) is 9.08. The van der Waals surface area contributed by atoms with Gasteiger partial charge in [-0.3, -0.25) is 14.4 Å². The Hall–Kier alpha value is -3.19. The van der Waals surface area contributed by atoms with Crippen LogP contribution in [0.2, 0.25) is 0 Å². The minimum Gasteiger partial charge on any atom is -0.366 e. The van der Waals surface area contributed by atoms with Crippen molar-refractivity contribution in [3.8, 4) is 0 Å². The maximum absolute atomic E-state index is 12.5. The Balaban J connectivity index is 1.92. The summed E-state index contributed by atoms with van der Waals surface area (Å²) in [5.74, 6) is -0.897. The predicted molar refractivity (Wildman–Crippen MR) is 109 cm³/mol. The van der Waals surface area contributed by atoms with Crippen LogP contribution in [0.25, 0.3) is 0 Å². The van der Waals surface area contributed by atoms with Crippen molar-refractivity contribution < 1.29 is 19.3 Å². The number of nitrogens with one attached hydrogen (secondary N) is 3. The Bertz CT molecular complexity index is 878. The van der Waals surface area contributed by atoms with E-state index in [-0.39, 0.29) is 18.4 Å². The lowest BCUT2D eigenvalue weighted by atomic mass is 10.1. The summed E-state index contributed by atoms with van der Waals surface area (Å²) in [5, 5.41) is 5.69. The SMILES string of the molecule is Cc1cccc(NC(=O)C[NH+](C)[C@H](C)C(=O)Nc2ccc(C(N)=O)cc2)c1C. The number of nitrogens with two attached hydrogens (primary N) is 1. The molecule has 28 heavy (non-hydrogen) atoms. The van der Waals surface area contributed by atoms with Crippen LogP contribution < -0.4 is 21.3 Å². The lowest BCUT2D eigenvalue weighted by Gasteiger charge is -2.21. The minimum atomic E-state index is -0.523. The van der Waals surface area contributed by atoms with Gasteiger partial charge in [-0.2, -0.15) is 0 Å². The molecule has 3 amide bonds. The summed E-state index contributed by atoms with van der Waals surface area (Å²) in [5.41, 5.74) is 9.05. The molecule has 0 aliphatic heterocycles. The van der Waals surface area contributed by atoms with Crippen molar-refractivity contribution in [3.05, 3.63) is 59.2 Å². The zero-order chi connectivity index (χ0) is 20.8. The van der Waals surface area contributed by atoms with E-state index in [1.54, 1.807) is 38.2 Å². The molecule has 5 N–H and O–H groups in total. The summed E-state index contributed by atoms with van der Waals surface area (Å²) < 4.78 is 0. The molecule has 0 saturated heterocycles. The van der Waals surface area contributed by atoms with E-state index in [2.05, 4.69) is 10.6 Å². The first kappa shape index (κ1) is 21.1. The standard InChI is InChI=1S/C21H26N4O3/c1-13-6-5-7-18(14(13)2)24-19(26)12-25(4)15(3)21(28)23-17-10-8-16(9-11-17)20(22)27/h5-11,15H,12H2,1-4H3,(H2,22,27)(H,23,28)(H,24,26)/p+1/t15-/m1/s1. The number of amides is 3. The van der Waals surface area contributed by atoms with Gasteiger partial charge in [-0.1, -0.05) is 12.1 Å². The average Bonchev–Trinajstić information content (AvgIpc) is 2.65. The van der Waals surface area contributed by atoms with Crippen LogP contribution in [0.5, 0.6) is 0 Å². The van der Waals surface area contributed by atoms with Crippen LogP contribution in [0.1, 0.15) is 28.4 Å². The average molecular weight is 383 g/mol. The molecular formula is C21H27N4O3+. The molecular weight excluding hydrogens is 356 g/mol. The van der Waals surface area contributed by atoms with Gasteiger partial charge < -0.3 is 21.3 Å². The van der Waals surface area contributed by atoms with E-state index in [4.69, 9.17) is 5.73 Å². The van der Waals surface area contributed by atoms with E-state index in [1.165, 1.54) is 0 Å². The molecule has 0 spiro atoms. The van der Waals surface area contributed by atoms with Gasteiger partial charge in [0.15, 0.2) is 12.6 Å². The fraction of sp³-hybridized carbons (Fsp3) is 0.286. The number of carbonyl (C=O) groups excluding carboxylic acids is 3. The molecule has 2 aromatic rings. The molecule has 0 aliphatic carbocycles. The molecule has 0 radical (unpaired) electrons. The lowest BCUT2D eigenvalue weighted by Crippen LogP contribution is -3.14. The van der Waals surface area contributed by atoms with Gasteiger partial charge in [-0.25, -0.2) is 0 Å². The van der Waals surface area contributed by atoms with Crippen LogP contribution in [0.3, 0.4) is 0 Å². The van der Waals surface area contributed by atoms with E-state index >= 15 is 0 Å². The van der Waals surface area contributed by atoms with Gasteiger partial charge in [0.25, 0.3) is 11.8 Å². The number of hydrogen-bond acceptors (Lipinski definition) is 3. The number of primary amides is 1. The van der Waals surface area contributed by atoms with Crippen molar-refractivity contribution in [2.75, 3.05) is 24.2 Å². The van der Waals surface area contributed by atoms with E-state index in [1.807, 2.05) is 32.0 Å². The fourth-order valence-corrected chi connectivity index (χ4v) is 2.68. The fourth-order valence-electron chi connectivity index (χ4n) is 2.68. The highest BCUT2D eigenvalue weighted by Gasteiger charge is 2.24. The zero-order valence-electron chi connectivity index (χ0n) is 16.6. The van der Waals surface area contributed by atoms with E-state index in [0.717, 1.165) is 21.7 Å². The molecule has 7 heteroatoms. The summed E-state index contributed by atoms with van der Waals surface area (Å²) in [6.45, 7) is 5.86. The van der Waals surface area contributed by atoms with Gasteiger partial charge in [0.05, 0.1) is 7.05 Å². The molecule has 2 rings (SSSR count). The molecule has 0 aliphatic rings. The molecule has 7 nitrogen and oxygen atoms in total. The number of anilines is 2. The van der Waals surface area contributed by atoms with Crippen molar-refractivity contribution in [2.45, 2.75) is 26.8 Å². The highest BCUT2D eigenvalue weighted by Crippen LogP contribution is 2.17. The molecule has 0 saturated carbocycles. The van der Waals surface area contributed by atoms with Crippen molar-refractivity contribution in [3.63, 3.8) is 0 Å². The van der Waals surface area contributed by atoms with Gasteiger partial charge in [0.2, 0.25) is 5.91 Å².